The van der Waals surface area contributed by atoms with Crippen molar-refractivity contribution in [3.8, 4) is 0 Å². The van der Waals surface area contributed by atoms with E-state index in [1.54, 1.807) is 0 Å². The predicted molar refractivity (Wildman–Crippen MR) is 72.5 cm³/mol. The van der Waals surface area contributed by atoms with Crippen molar-refractivity contribution in [2.75, 3.05) is 0 Å². The molecular weight excluding hydrogens is 234 g/mol. The molecule has 0 bridgehead atoms. The van der Waals surface area contributed by atoms with Crippen LogP contribution >= 0.6 is 11.6 Å². The SMILES string of the molecule is CCCn1c(Cl)c(CO)c2cccc(CC)c21. The van der Waals surface area contributed by atoms with Gasteiger partial charge >= 0.3 is 0 Å². The molecule has 0 aliphatic rings. The summed E-state index contributed by atoms with van der Waals surface area (Å²) in [6.07, 6.45) is 2.01. The largest absolute Gasteiger partial charge is 0.392 e. The Kier molecular flexibility index (Phi) is 3.75. The molecule has 1 N–H and O–H groups in total. The van der Waals surface area contributed by atoms with Gasteiger partial charge in [0.15, 0.2) is 0 Å². The van der Waals surface area contributed by atoms with Crippen molar-refractivity contribution in [3.05, 3.63) is 34.5 Å². The fraction of sp³-hybridized carbons (Fsp3) is 0.429. The molecule has 0 unspecified atom stereocenters. The number of aryl methyl sites for hydroxylation is 2. The number of hydrogen-bond acceptors (Lipinski definition) is 1. The normalized spacial score (nSPS) is 11.3. The van der Waals surface area contributed by atoms with Crippen LogP contribution in [0.3, 0.4) is 0 Å². The van der Waals surface area contributed by atoms with Gasteiger partial charge in [0.05, 0.1) is 12.1 Å². The van der Waals surface area contributed by atoms with Crippen molar-refractivity contribution in [1.29, 1.82) is 0 Å². The predicted octanol–water partition coefficient (Wildman–Crippen LogP) is 3.76. The molecule has 0 aliphatic heterocycles. The maximum Gasteiger partial charge on any atom is 0.115 e. The molecule has 1 heterocycles. The Bertz CT molecular complexity index is 530. The lowest BCUT2D eigenvalue weighted by molar-refractivity contribution is 0.283. The fourth-order valence-corrected chi connectivity index (χ4v) is 2.73. The molecule has 0 fully saturated rings. The summed E-state index contributed by atoms with van der Waals surface area (Å²) in [5, 5.41) is 11.2. The molecule has 2 aromatic rings. The number of benzene rings is 1. The summed E-state index contributed by atoms with van der Waals surface area (Å²) in [4.78, 5) is 0. The molecule has 3 heteroatoms. The molecule has 92 valence electrons. The summed E-state index contributed by atoms with van der Waals surface area (Å²) < 4.78 is 2.13. The zero-order valence-electron chi connectivity index (χ0n) is 10.3. The van der Waals surface area contributed by atoms with Gasteiger partial charge in [-0.3, -0.25) is 0 Å². The molecule has 0 saturated carbocycles. The Morgan fingerprint density at radius 2 is 2.06 bits per heavy atom. The number of hydrogen-bond donors (Lipinski definition) is 1. The van der Waals surface area contributed by atoms with E-state index in [-0.39, 0.29) is 6.61 Å². The Labute approximate surface area is 107 Å². The summed E-state index contributed by atoms with van der Waals surface area (Å²) in [6.45, 7) is 5.17. The van der Waals surface area contributed by atoms with Crippen LogP contribution in [0, 0.1) is 0 Å². The molecule has 0 spiro atoms. The topological polar surface area (TPSA) is 25.2 Å². The number of para-hydroxylation sites is 1. The minimum atomic E-state index is -0.000779. The third-order valence-corrected chi connectivity index (χ3v) is 3.62. The van der Waals surface area contributed by atoms with Crippen molar-refractivity contribution in [2.24, 2.45) is 0 Å². The van der Waals surface area contributed by atoms with Crippen LogP contribution in [0.5, 0.6) is 0 Å². The number of fused-ring (bicyclic) bond motifs is 1. The first-order chi connectivity index (χ1) is 8.24. The molecule has 0 saturated heterocycles. The van der Waals surface area contributed by atoms with Gasteiger partial charge < -0.3 is 9.67 Å². The summed E-state index contributed by atoms with van der Waals surface area (Å²) >= 11 is 6.36. The zero-order valence-corrected chi connectivity index (χ0v) is 11.1. The number of aromatic nitrogens is 1. The van der Waals surface area contributed by atoms with Gasteiger partial charge in [-0.05, 0) is 18.4 Å². The Balaban J connectivity index is 2.80. The van der Waals surface area contributed by atoms with Gasteiger partial charge in [0.25, 0.3) is 0 Å². The van der Waals surface area contributed by atoms with Gasteiger partial charge in [0.2, 0.25) is 0 Å². The van der Waals surface area contributed by atoms with E-state index in [0.29, 0.717) is 5.15 Å². The van der Waals surface area contributed by atoms with Gasteiger partial charge in [-0.15, -0.1) is 0 Å². The van der Waals surface area contributed by atoms with Gasteiger partial charge in [-0.2, -0.15) is 0 Å². The Morgan fingerprint density at radius 1 is 1.29 bits per heavy atom. The summed E-state index contributed by atoms with van der Waals surface area (Å²) in [7, 11) is 0. The molecule has 0 aliphatic carbocycles. The molecule has 0 amide bonds. The van der Waals surface area contributed by atoms with Crippen LogP contribution in [-0.2, 0) is 19.6 Å². The van der Waals surface area contributed by atoms with Crippen molar-refractivity contribution in [2.45, 2.75) is 39.8 Å². The lowest BCUT2D eigenvalue weighted by atomic mass is 10.1. The van der Waals surface area contributed by atoms with Crippen LogP contribution in [0.4, 0.5) is 0 Å². The Morgan fingerprint density at radius 3 is 2.65 bits per heavy atom. The first-order valence-electron chi connectivity index (χ1n) is 6.13. The number of aliphatic hydroxyl groups excluding tert-OH is 1. The molecule has 2 rings (SSSR count). The van der Waals surface area contributed by atoms with E-state index >= 15 is 0 Å². The van der Waals surface area contributed by atoms with Crippen molar-refractivity contribution < 1.29 is 5.11 Å². The number of aliphatic hydroxyl groups is 1. The minimum absolute atomic E-state index is 0.000779. The van der Waals surface area contributed by atoms with E-state index in [9.17, 15) is 5.11 Å². The van der Waals surface area contributed by atoms with Crippen LogP contribution < -0.4 is 0 Å². The van der Waals surface area contributed by atoms with Crippen LogP contribution in [0.2, 0.25) is 5.15 Å². The van der Waals surface area contributed by atoms with E-state index in [1.807, 2.05) is 12.1 Å². The van der Waals surface area contributed by atoms with Gasteiger partial charge in [0, 0.05) is 17.5 Å². The van der Waals surface area contributed by atoms with Crippen LogP contribution in [-0.4, -0.2) is 9.67 Å². The minimum Gasteiger partial charge on any atom is -0.392 e. The second-order valence-electron chi connectivity index (χ2n) is 4.25. The van der Waals surface area contributed by atoms with Gasteiger partial charge in [0.1, 0.15) is 5.15 Å². The summed E-state index contributed by atoms with van der Waals surface area (Å²) in [5.41, 5.74) is 3.33. The van der Waals surface area contributed by atoms with Crippen LogP contribution in [0.1, 0.15) is 31.4 Å². The standard InChI is InChI=1S/C14H18ClNO/c1-3-8-16-13-10(4-2)6-5-7-11(13)12(9-17)14(16)15/h5-7,17H,3-4,8-9H2,1-2H3. The second kappa shape index (κ2) is 5.11. The third-order valence-electron chi connectivity index (χ3n) is 3.19. The molecule has 0 atom stereocenters. The Hall–Kier alpha value is -0.990. The second-order valence-corrected chi connectivity index (χ2v) is 4.60. The first kappa shape index (κ1) is 12.5. The quantitative estimate of drug-likeness (QED) is 0.880. The van der Waals surface area contributed by atoms with E-state index in [4.69, 9.17) is 11.6 Å². The molecule has 1 aromatic carbocycles. The molecule has 0 radical (unpaired) electrons. The highest BCUT2D eigenvalue weighted by Gasteiger charge is 2.16. The van der Waals surface area contributed by atoms with Gasteiger partial charge in [-0.25, -0.2) is 0 Å². The maximum absolute atomic E-state index is 9.46. The average molecular weight is 252 g/mol. The average Bonchev–Trinajstić information content (AvgIpc) is 2.62. The van der Waals surface area contributed by atoms with Crippen LogP contribution in [0.25, 0.3) is 10.9 Å². The summed E-state index contributed by atoms with van der Waals surface area (Å²) in [6, 6.07) is 6.21. The molecule has 2 nitrogen and oxygen atoms in total. The lowest BCUT2D eigenvalue weighted by Gasteiger charge is -2.08. The smallest absolute Gasteiger partial charge is 0.115 e. The third kappa shape index (κ3) is 1.96. The highest BCUT2D eigenvalue weighted by atomic mass is 35.5. The van der Waals surface area contributed by atoms with E-state index in [0.717, 1.165) is 30.3 Å². The lowest BCUT2D eigenvalue weighted by Crippen LogP contribution is -1.99. The number of nitrogens with zero attached hydrogens (tertiary/aromatic N) is 1. The monoisotopic (exact) mass is 251 g/mol. The zero-order chi connectivity index (χ0) is 12.4. The van der Waals surface area contributed by atoms with Crippen molar-refractivity contribution in [3.63, 3.8) is 0 Å². The van der Waals surface area contributed by atoms with E-state index < -0.39 is 0 Å². The number of halogens is 1. The van der Waals surface area contributed by atoms with Crippen molar-refractivity contribution >= 4 is 22.5 Å². The highest BCUT2D eigenvalue weighted by Crippen LogP contribution is 2.32. The summed E-state index contributed by atoms with van der Waals surface area (Å²) in [5.74, 6) is 0. The fourth-order valence-electron chi connectivity index (χ4n) is 2.40. The number of rotatable bonds is 4. The van der Waals surface area contributed by atoms with Crippen LogP contribution in [0.15, 0.2) is 18.2 Å². The van der Waals surface area contributed by atoms with Crippen molar-refractivity contribution in [1.82, 2.24) is 4.57 Å². The molecular formula is C14H18ClNO. The first-order valence-corrected chi connectivity index (χ1v) is 6.51. The molecule has 17 heavy (non-hydrogen) atoms. The van der Waals surface area contributed by atoms with E-state index in [2.05, 4.69) is 24.5 Å². The van der Waals surface area contributed by atoms with Gasteiger partial charge in [-0.1, -0.05) is 43.6 Å². The molecule has 1 aromatic heterocycles. The highest BCUT2D eigenvalue weighted by molar-refractivity contribution is 6.32. The maximum atomic E-state index is 9.46. The van der Waals surface area contributed by atoms with E-state index in [1.165, 1.54) is 11.1 Å².